The third kappa shape index (κ3) is 5.92. The summed E-state index contributed by atoms with van der Waals surface area (Å²) in [5, 5.41) is 7.04. The lowest BCUT2D eigenvalue weighted by Gasteiger charge is -2.16. The van der Waals surface area contributed by atoms with Crippen LogP contribution in [0.5, 0.6) is 5.75 Å². The first kappa shape index (κ1) is 25.6. The third-order valence-electron chi connectivity index (χ3n) is 6.10. The van der Waals surface area contributed by atoms with Crippen molar-refractivity contribution in [2.75, 3.05) is 23.7 Å². The summed E-state index contributed by atoms with van der Waals surface area (Å²) in [5.74, 6) is 1.45. The van der Waals surface area contributed by atoms with E-state index >= 15 is 0 Å². The van der Waals surface area contributed by atoms with Gasteiger partial charge >= 0.3 is 6.09 Å². The second-order valence-corrected chi connectivity index (χ2v) is 10.3. The molecular weight excluding hydrogens is 524 g/mol. The zero-order chi connectivity index (χ0) is 26.6. The van der Waals surface area contributed by atoms with Gasteiger partial charge in [0.2, 0.25) is 0 Å². The van der Waals surface area contributed by atoms with Crippen molar-refractivity contribution < 1.29 is 14.3 Å². The maximum Gasteiger partial charge on any atom is 0.415 e. The van der Waals surface area contributed by atoms with Crippen LogP contribution in [0.2, 0.25) is 5.02 Å². The van der Waals surface area contributed by atoms with Gasteiger partial charge in [0, 0.05) is 25.1 Å². The molecule has 11 heteroatoms. The average Bonchev–Trinajstić information content (AvgIpc) is 3.57. The smallest absolute Gasteiger partial charge is 0.410 e. The number of thiazole rings is 1. The van der Waals surface area contributed by atoms with Crippen molar-refractivity contribution in [3.63, 3.8) is 0 Å². The molecule has 1 aliphatic rings. The van der Waals surface area contributed by atoms with Gasteiger partial charge in [-0.2, -0.15) is 0 Å². The largest absolute Gasteiger partial charge is 0.415 e. The molecule has 0 aliphatic carbocycles. The minimum Gasteiger partial charge on any atom is -0.410 e. The lowest BCUT2D eigenvalue weighted by molar-refractivity contribution is 0.103. The summed E-state index contributed by atoms with van der Waals surface area (Å²) in [4.78, 5) is 40.9. The summed E-state index contributed by atoms with van der Waals surface area (Å²) in [6.07, 6.45) is 1.91. The molecule has 1 aliphatic heterocycles. The molecule has 38 heavy (non-hydrogen) atoms. The maximum absolute atomic E-state index is 12.8. The first-order valence-corrected chi connectivity index (χ1v) is 13.2. The highest BCUT2D eigenvalue weighted by Crippen LogP contribution is 2.30. The lowest BCUT2D eigenvalue weighted by atomic mass is 10.0. The van der Waals surface area contributed by atoms with Crippen LogP contribution in [-0.2, 0) is 0 Å². The molecule has 9 nitrogen and oxygen atoms in total. The van der Waals surface area contributed by atoms with Gasteiger partial charge in [-0.3, -0.25) is 4.79 Å². The van der Waals surface area contributed by atoms with Crippen molar-refractivity contribution in [3.8, 4) is 5.75 Å². The maximum atomic E-state index is 12.8. The van der Waals surface area contributed by atoms with Crippen LogP contribution in [0.1, 0.15) is 39.1 Å². The van der Waals surface area contributed by atoms with Crippen LogP contribution in [0, 0.1) is 13.8 Å². The Morgan fingerprint density at radius 3 is 2.71 bits per heavy atom. The minimum atomic E-state index is -0.372. The summed E-state index contributed by atoms with van der Waals surface area (Å²) < 4.78 is 5.48. The Bertz CT molecular complexity index is 1460. The number of carbonyl (C=O) groups is 2. The number of nitrogens with one attached hydrogen (secondary N) is 2. The number of nitrogens with zero attached hydrogens (tertiary/aromatic N) is 4. The number of rotatable bonds is 6. The zero-order valence-corrected chi connectivity index (χ0v) is 22.3. The topological polar surface area (TPSA) is 109 Å². The molecule has 2 aromatic heterocycles. The van der Waals surface area contributed by atoms with Gasteiger partial charge in [-0.05, 0) is 44.0 Å². The van der Waals surface area contributed by atoms with Gasteiger partial charge in [0.05, 0.1) is 22.6 Å². The van der Waals surface area contributed by atoms with E-state index in [-0.39, 0.29) is 17.9 Å². The van der Waals surface area contributed by atoms with E-state index in [1.165, 1.54) is 17.5 Å². The fraction of sp³-hybridized carbons (Fsp3) is 0.222. The Morgan fingerprint density at radius 2 is 1.92 bits per heavy atom. The Balaban J connectivity index is 1.24. The van der Waals surface area contributed by atoms with E-state index in [1.54, 1.807) is 23.1 Å². The molecule has 0 bridgehead atoms. The summed E-state index contributed by atoms with van der Waals surface area (Å²) >= 11 is 7.45. The number of amides is 2. The van der Waals surface area contributed by atoms with Crippen molar-refractivity contribution in [1.82, 2.24) is 19.9 Å². The van der Waals surface area contributed by atoms with E-state index in [9.17, 15) is 9.59 Å². The van der Waals surface area contributed by atoms with E-state index in [2.05, 4.69) is 25.6 Å². The number of carbonyl (C=O) groups excluding carboxylic acids is 2. The highest BCUT2D eigenvalue weighted by molar-refractivity contribution is 7.17. The molecule has 0 radical (unpaired) electrons. The van der Waals surface area contributed by atoms with Gasteiger partial charge in [-0.15, -0.1) is 0 Å². The first-order valence-electron chi connectivity index (χ1n) is 12.0. The van der Waals surface area contributed by atoms with E-state index in [4.69, 9.17) is 16.3 Å². The molecule has 194 valence electrons. The van der Waals surface area contributed by atoms with Crippen molar-refractivity contribution in [2.24, 2.45) is 0 Å². The number of likely N-dealkylation sites (tertiary alicyclic amines) is 1. The highest BCUT2D eigenvalue weighted by atomic mass is 35.5. The third-order valence-corrected chi connectivity index (χ3v) is 7.32. The molecule has 0 saturated carbocycles. The van der Waals surface area contributed by atoms with Gasteiger partial charge in [0.15, 0.2) is 5.13 Å². The molecule has 4 aromatic rings. The van der Waals surface area contributed by atoms with Gasteiger partial charge < -0.3 is 20.3 Å². The number of anilines is 3. The summed E-state index contributed by atoms with van der Waals surface area (Å²) in [6, 6.07) is 16.3. The molecule has 0 spiro atoms. The van der Waals surface area contributed by atoms with E-state index in [1.807, 2.05) is 50.2 Å². The number of hydrogen-bond acceptors (Lipinski definition) is 8. The van der Waals surface area contributed by atoms with E-state index in [0.717, 1.165) is 17.7 Å². The van der Waals surface area contributed by atoms with Crippen molar-refractivity contribution >= 4 is 51.6 Å². The molecule has 1 atom stereocenters. The summed E-state index contributed by atoms with van der Waals surface area (Å²) in [5.41, 5.74) is 2.28. The Kier molecular flexibility index (Phi) is 7.52. The molecule has 2 aromatic carbocycles. The second-order valence-electron chi connectivity index (χ2n) is 8.88. The van der Waals surface area contributed by atoms with E-state index in [0.29, 0.717) is 51.2 Å². The van der Waals surface area contributed by atoms with Gasteiger partial charge in [-0.1, -0.05) is 53.3 Å². The molecule has 2 N–H and O–H groups in total. The van der Waals surface area contributed by atoms with Crippen LogP contribution in [0.15, 0.2) is 60.8 Å². The molecule has 3 heterocycles. The van der Waals surface area contributed by atoms with Crippen LogP contribution < -0.4 is 15.4 Å². The van der Waals surface area contributed by atoms with Crippen LogP contribution in [0.25, 0.3) is 0 Å². The zero-order valence-electron chi connectivity index (χ0n) is 20.8. The number of ether oxygens (including phenoxy) is 1. The van der Waals surface area contributed by atoms with Crippen molar-refractivity contribution in [2.45, 2.75) is 26.2 Å². The molecule has 1 fully saturated rings. The normalized spacial score (nSPS) is 14.8. The molecule has 5 rings (SSSR count). The molecule has 2 amide bonds. The second kappa shape index (κ2) is 11.2. The fourth-order valence-electron chi connectivity index (χ4n) is 4.20. The van der Waals surface area contributed by atoms with Crippen molar-refractivity contribution in [1.29, 1.82) is 0 Å². The molecular formula is C27H25ClN6O3S. The fourth-order valence-corrected chi connectivity index (χ4v) is 5.18. The SMILES string of the molecule is Cc1nc(Nc2ncc(C(=O)Nc3c(C)cccc3Cl)s2)cc(C2CCN(C(=O)Oc3ccccc3)C2)n1. The molecule has 1 unspecified atom stereocenters. The van der Waals surface area contributed by atoms with Gasteiger partial charge in [0.1, 0.15) is 22.3 Å². The van der Waals surface area contributed by atoms with Crippen LogP contribution >= 0.6 is 22.9 Å². The Hall–Kier alpha value is -4.02. The van der Waals surface area contributed by atoms with Crippen LogP contribution in [0.3, 0.4) is 0 Å². The number of aromatic nitrogens is 3. The predicted molar refractivity (Wildman–Crippen MR) is 148 cm³/mol. The number of hydrogen-bond donors (Lipinski definition) is 2. The highest BCUT2D eigenvalue weighted by Gasteiger charge is 2.30. The Morgan fingerprint density at radius 1 is 1.11 bits per heavy atom. The van der Waals surface area contributed by atoms with Gasteiger partial charge in [0.25, 0.3) is 5.91 Å². The van der Waals surface area contributed by atoms with Crippen LogP contribution in [-0.4, -0.2) is 44.9 Å². The number of halogens is 1. The molecule has 1 saturated heterocycles. The predicted octanol–water partition coefficient (Wildman–Crippen LogP) is 6.19. The quantitative estimate of drug-likeness (QED) is 0.296. The van der Waals surface area contributed by atoms with Gasteiger partial charge in [-0.25, -0.2) is 19.7 Å². The monoisotopic (exact) mass is 548 g/mol. The Labute approximate surface area is 228 Å². The van der Waals surface area contributed by atoms with Crippen molar-refractivity contribution in [3.05, 3.63) is 87.8 Å². The summed E-state index contributed by atoms with van der Waals surface area (Å²) in [6.45, 7) is 4.78. The first-order chi connectivity index (χ1) is 18.4. The number of benzene rings is 2. The van der Waals surface area contributed by atoms with Crippen LogP contribution in [0.4, 0.5) is 21.4 Å². The lowest BCUT2D eigenvalue weighted by Crippen LogP contribution is -2.31. The standard InChI is InChI=1S/C27H25ClN6O3S/c1-16-7-6-10-20(28)24(16)33-25(35)22-14-29-26(38-22)32-23-13-21(30-17(2)31-23)18-11-12-34(15-18)27(36)37-19-8-4-3-5-9-19/h3-10,13-14,18H,11-12,15H2,1-2H3,(H,33,35)(H,29,30,31,32). The number of para-hydroxylation sites is 2. The summed E-state index contributed by atoms with van der Waals surface area (Å²) in [7, 11) is 0. The minimum absolute atomic E-state index is 0.0528. The average molecular weight is 549 g/mol. The number of aryl methyl sites for hydroxylation is 2. The van der Waals surface area contributed by atoms with E-state index < -0.39 is 0 Å².